The monoisotopic (exact) mass is 409 g/mol. The Labute approximate surface area is 176 Å². The second kappa shape index (κ2) is 9.17. The van der Waals surface area contributed by atoms with E-state index >= 15 is 0 Å². The Bertz CT molecular complexity index is 911. The Morgan fingerprint density at radius 3 is 2.53 bits per heavy atom. The molecule has 2 heterocycles. The molecule has 4 rings (SSSR count). The maximum Gasteiger partial charge on any atom is 0.265 e. The van der Waals surface area contributed by atoms with Crippen LogP contribution in [0.25, 0.3) is 0 Å². The van der Waals surface area contributed by atoms with Gasteiger partial charge in [0.05, 0.1) is 18.9 Å². The quantitative estimate of drug-likeness (QED) is 0.733. The van der Waals surface area contributed by atoms with Gasteiger partial charge >= 0.3 is 0 Å². The minimum absolute atomic E-state index is 0.00329. The summed E-state index contributed by atoms with van der Waals surface area (Å²) in [5.74, 6) is 0.558. The van der Waals surface area contributed by atoms with Crippen LogP contribution in [-0.4, -0.2) is 63.2 Å². The minimum atomic E-state index is -0.123. The zero-order chi connectivity index (χ0) is 20.9. The van der Waals surface area contributed by atoms with E-state index in [4.69, 9.17) is 9.47 Å². The number of rotatable bonds is 6. The highest BCUT2D eigenvalue weighted by Crippen LogP contribution is 2.31. The summed E-state index contributed by atoms with van der Waals surface area (Å²) >= 11 is 0. The van der Waals surface area contributed by atoms with Gasteiger partial charge in [-0.05, 0) is 23.8 Å². The molecule has 0 aliphatic carbocycles. The molecule has 2 amide bonds. The summed E-state index contributed by atoms with van der Waals surface area (Å²) in [6.07, 6.45) is 0.260. The molecule has 2 aliphatic rings. The summed E-state index contributed by atoms with van der Waals surface area (Å²) < 4.78 is 10.9. The highest BCUT2D eigenvalue weighted by atomic mass is 16.5. The van der Waals surface area contributed by atoms with Crippen LogP contribution < -0.4 is 14.5 Å². The summed E-state index contributed by atoms with van der Waals surface area (Å²) in [5.41, 5.74) is 2.99. The maximum absolute atomic E-state index is 12.8. The van der Waals surface area contributed by atoms with Gasteiger partial charge in [-0.1, -0.05) is 30.3 Å². The Kier molecular flexibility index (Phi) is 6.18. The van der Waals surface area contributed by atoms with Gasteiger partial charge in [-0.2, -0.15) is 0 Å². The zero-order valence-corrected chi connectivity index (χ0v) is 17.3. The van der Waals surface area contributed by atoms with Crippen molar-refractivity contribution in [2.75, 3.05) is 56.3 Å². The third kappa shape index (κ3) is 4.41. The van der Waals surface area contributed by atoms with Gasteiger partial charge in [-0.3, -0.25) is 9.59 Å². The van der Waals surface area contributed by atoms with Crippen LogP contribution in [0.5, 0.6) is 5.75 Å². The highest BCUT2D eigenvalue weighted by molar-refractivity contribution is 5.98. The first-order valence-corrected chi connectivity index (χ1v) is 10.3. The average molecular weight is 409 g/mol. The van der Waals surface area contributed by atoms with Gasteiger partial charge in [-0.25, -0.2) is 0 Å². The number of hydrogen-bond donors (Lipinski definition) is 0. The molecule has 0 radical (unpaired) electrons. The molecule has 0 aromatic heterocycles. The van der Waals surface area contributed by atoms with Crippen LogP contribution in [0.2, 0.25) is 0 Å². The highest BCUT2D eigenvalue weighted by Gasteiger charge is 2.26. The lowest BCUT2D eigenvalue weighted by Crippen LogP contribution is -2.41. The summed E-state index contributed by atoms with van der Waals surface area (Å²) in [7, 11) is 1.81. The van der Waals surface area contributed by atoms with E-state index in [0.717, 1.165) is 43.2 Å². The van der Waals surface area contributed by atoms with E-state index in [-0.39, 0.29) is 24.8 Å². The van der Waals surface area contributed by atoms with E-state index in [9.17, 15) is 9.59 Å². The van der Waals surface area contributed by atoms with Crippen LogP contribution >= 0.6 is 0 Å². The van der Waals surface area contributed by atoms with Gasteiger partial charge in [0.2, 0.25) is 5.91 Å². The lowest BCUT2D eigenvalue weighted by atomic mass is 10.1. The number of para-hydroxylation sites is 3. The average Bonchev–Trinajstić information content (AvgIpc) is 2.79. The minimum Gasteiger partial charge on any atom is -0.482 e. The number of amides is 2. The van der Waals surface area contributed by atoms with Crippen LogP contribution in [0.3, 0.4) is 0 Å². The van der Waals surface area contributed by atoms with Crippen LogP contribution in [-0.2, 0) is 20.9 Å². The van der Waals surface area contributed by atoms with Crippen molar-refractivity contribution in [3.05, 3.63) is 54.1 Å². The fourth-order valence-electron chi connectivity index (χ4n) is 3.90. The topological polar surface area (TPSA) is 62.3 Å². The molecule has 7 heteroatoms. The van der Waals surface area contributed by atoms with Gasteiger partial charge in [0, 0.05) is 45.3 Å². The predicted octanol–water partition coefficient (Wildman–Crippen LogP) is 2.30. The van der Waals surface area contributed by atoms with Crippen molar-refractivity contribution >= 4 is 23.2 Å². The third-order valence-electron chi connectivity index (χ3n) is 5.53. The van der Waals surface area contributed by atoms with E-state index < -0.39 is 0 Å². The number of ether oxygens (including phenoxy) is 2. The Hall–Kier alpha value is -3.06. The Balaban J connectivity index is 1.39. The van der Waals surface area contributed by atoms with Crippen molar-refractivity contribution in [1.82, 2.24) is 4.90 Å². The number of benzene rings is 2. The molecular formula is C23H27N3O4. The molecule has 1 fully saturated rings. The Morgan fingerprint density at radius 1 is 1.03 bits per heavy atom. The Morgan fingerprint density at radius 2 is 1.73 bits per heavy atom. The van der Waals surface area contributed by atoms with Crippen molar-refractivity contribution in [3.8, 4) is 5.75 Å². The fraction of sp³-hybridized carbons (Fsp3) is 0.391. The molecular weight excluding hydrogens is 382 g/mol. The predicted molar refractivity (Wildman–Crippen MR) is 115 cm³/mol. The van der Waals surface area contributed by atoms with Crippen LogP contribution in [0.4, 0.5) is 11.4 Å². The van der Waals surface area contributed by atoms with Gasteiger partial charge < -0.3 is 24.2 Å². The molecule has 2 aromatic carbocycles. The molecule has 0 spiro atoms. The molecule has 0 atom stereocenters. The number of fused-ring (bicyclic) bond motifs is 1. The van der Waals surface area contributed by atoms with Gasteiger partial charge in [0.15, 0.2) is 6.61 Å². The summed E-state index contributed by atoms with van der Waals surface area (Å²) in [4.78, 5) is 30.8. The van der Waals surface area contributed by atoms with E-state index in [0.29, 0.717) is 18.8 Å². The van der Waals surface area contributed by atoms with E-state index in [1.807, 2.05) is 43.4 Å². The second-order valence-corrected chi connectivity index (χ2v) is 7.53. The number of morpholine rings is 1. The van der Waals surface area contributed by atoms with Gasteiger partial charge in [-0.15, -0.1) is 0 Å². The standard InChI is InChI=1S/C23H27N3O4/c1-24(16-18-6-2-3-7-19(18)25-12-14-29-15-13-25)22(27)10-11-26-20-8-4-5-9-21(20)30-17-23(26)28/h2-9H,10-17H2,1H3. The first-order chi connectivity index (χ1) is 14.6. The lowest BCUT2D eigenvalue weighted by Gasteiger charge is -2.32. The molecule has 0 unspecified atom stereocenters. The smallest absolute Gasteiger partial charge is 0.265 e. The van der Waals surface area contributed by atoms with Crippen molar-refractivity contribution in [2.45, 2.75) is 13.0 Å². The molecule has 7 nitrogen and oxygen atoms in total. The number of carbonyl (C=O) groups excluding carboxylic acids is 2. The largest absolute Gasteiger partial charge is 0.482 e. The molecule has 2 aromatic rings. The third-order valence-corrected chi connectivity index (χ3v) is 5.53. The molecule has 0 N–H and O–H groups in total. The van der Waals surface area contributed by atoms with Crippen molar-refractivity contribution in [3.63, 3.8) is 0 Å². The number of anilines is 2. The SMILES string of the molecule is CN(Cc1ccccc1N1CCOCC1)C(=O)CCN1C(=O)COc2ccccc21. The molecule has 0 bridgehead atoms. The van der Waals surface area contributed by atoms with Crippen LogP contribution in [0, 0.1) is 0 Å². The number of nitrogens with zero attached hydrogens (tertiary/aromatic N) is 3. The van der Waals surface area contributed by atoms with Crippen molar-refractivity contribution in [2.24, 2.45) is 0 Å². The zero-order valence-electron chi connectivity index (χ0n) is 17.3. The van der Waals surface area contributed by atoms with Crippen molar-refractivity contribution < 1.29 is 19.1 Å². The molecule has 2 aliphatic heterocycles. The van der Waals surface area contributed by atoms with Gasteiger partial charge in [0.1, 0.15) is 5.75 Å². The van der Waals surface area contributed by atoms with Gasteiger partial charge in [0.25, 0.3) is 5.91 Å². The lowest BCUT2D eigenvalue weighted by molar-refractivity contribution is -0.130. The first-order valence-electron chi connectivity index (χ1n) is 10.3. The molecule has 158 valence electrons. The molecule has 30 heavy (non-hydrogen) atoms. The van der Waals surface area contributed by atoms with E-state index in [2.05, 4.69) is 17.0 Å². The maximum atomic E-state index is 12.8. The summed E-state index contributed by atoms with van der Waals surface area (Å²) in [5, 5.41) is 0. The normalized spacial score (nSPS) is 16.1. The summed E-state index contributed by atoms with van der Waals surface area (Å²) in [6.45, 7) is 4.03. The fourth-order valence-corrected chi connectivity index (χ4v) is 3.90. The van der Waals surface area contributed by atoms with E-state index in [1.54, 1.807) is 9.80 Å². The number of carbonyl (C=O) groups is 2. The van der Waals surface area contributed by atoms with Crippen LogP contribution in [0.1, 0.15) is 12.0 Å². The van der Waals surface area contributed by atoms with Crippen molar-refractivity contribution in [1.29, 1.82) is 0 Å². The summed E-state index contributed by atoms with van der Waals surface area (Å²) in [6, 6.07) is 15.6. The second-order valence-electron chi connectivity index (χ2n) is 7.53. The number of hydrogen-bond acceptors (Lipinski definition) is 5. The molecule has 0 saturated carbocycles. The van der Waals surface area contributed by atoms with Crippen LogP contribution in [0.15, 0.2) is 48.5 Å². The first kappa shape index (κ1) is 20.2. The molecule has 1 saturated heterocycles. The van der Waals surface area contributed by atoms with E-state index in [1.165, 1.54) is 0 Å².